The topological polar surface area (TPSA) is 12.5 Å². The average Bonchev–Trinajstić information content (AvgIpc) is 2.72. The lowest BCUT2D eigenvalue weighted by Crippen LogP contribution is -2.19. The summed E-state index contributed by atoms with van der Waals surface area (Å²) in [6.07, 6.45) is 6.90. The molecule has 0 amide bonds. The maximum atomic E-state index is 5.79. The van der Waals surface area contributed by atoms with Crippen LogP contribution in [0.15, 0.2) is 0 Å². The normalized spacial score (nSPS) is 36.4. The van der Waals surface area contributed by atoms with Crippen LogP contribution in [0.2, 0.25) is 19.6 Å². The summed E-state index contributed by atoms with van der Waals surface area (Å²) in [6, 6.07) is 0. The summed E-state index contributed by atoms with van der Waals surface area (Å²) < 4.78 is 5.79. The van der Waals surface area contributed by atoms with Crippen molar-refractivity contribution in [2.45, 2.75) is 63.5 Å². The van der Waals surface area contributed by atoms with E-state index in [0.29, 0.717) is 6.10 Å². The molecule has 2 aliphatic rings. The second kappa shape index (κ2) is 3.39. The van der Waals surface area contributed by atoms with Gasteiger partial charge >= 0.3 is 0 Å². The zero-order chi connectivity index (χ0) is 10.2. The van der Waals surface area contributed by atoms with Crippen LogP contribution in [0.1, 0.15) is 32.1 Å². The Morgan fingerprint density at radius 1 is 1.21 bits per heavy atom. The molecule has 1 heterocycles. The van der Waals surface area contributed by atoms with Gasteiger partial charge < -0.3 is 4.74 Å². The Balaban J connectivity index is 2.06. The van der Waals surface area contributed by atoms with E-state index in [-0.39, 0.29) is 5.60 Å². The highest BCUT2D eigenvalue weighted by Gasteiger charge is 2.55. The lowest BCUT2D eigenvalue weighted by Gasteiger charge is -2.06. The third-order valence-corrected chi connectivity index (χ3v) is 3.85. The Hall–Kier alpha value is -0.263. The van der Waals surface area contributed by atoms with E-state index in [1.54, 1.807) is 0 Å². The molecule has 0 aromatic carbocycles. The molecule has 0 spiro atoms. The largest absolute Gasteiger partial charge is 0.352 e. The first-order valence-corrected chi connectivity index (χ1v) is 9.24. The number of hydrogen-bond acceptors (Lipinski definition) is 1. The monoisotopic (exact) mass is 208 g/mol. The molecule has 2 rings (SSSR count). The number of hydrogen-bond donors (Lipinski definition) is 0. The minimum absolute atomic E-state index is 0.0107. The van der Waals surface area contributed by atoms with Gasteiger partial charge in [0.2, 0.25) is 0 Å². The molecule has 1 aliphatic heterocycles. The molecule has 1 aliphatic carbocycles. The first-order chi connectivity index (χ1) is 6.52. The quantitative estimate of drug-likeness (QED) is 0.339. The molecule has 1 nitrogen and oxygen atoms in total. The Morgan fingerprint density at radius 3 is 2.71 bits per heavy atom. The van der Waals surface area contributed by atoms with Crippen molar-refractivity contribution in [3.63, 3.8) is 0 Å². The predicted octanol–water partition coefficient (Wildman–Crippen LogP) is 2.97. The predicted molar refractivity (Wildman–Crippen MR) is 61.8 cm³/mol. The maximum Gasteiger partial charge on any atom is 0.154 e. The zero-order valence-electron chi connectivity index (χ0n) is 9.52. The summed E-state index contributed by atoms with van der Waals surface area (Å²) in [5, 5.41) is 0. The van der Waals surface area contributed by atoms with Crippen LogP contribution in [-0.4, -0.2) is 19.8 Å². The van der Waals surface area contributed by atoms with Gasteiger partial charge in [-0.15, -0.1) is 5.54 Å². The number of rotatable bonds is 0. The van der Waals surface area contributed by atoms with Crippen LogP contribution < -0.4 is 0 Å². The lowest BCUT2D eigenvalue weighted by atomic mass is 10.0. The van der Waals surface area contributed by atoms with E-state index in [0.717, 1.165) is 0 Å². The minimum Gasteiger partial charge on any atom is -0.352 e. The van der Waals surface area contributed by atoms with Crippen LogP contribution in [0.3, 0.4) is 0 Å². The molecule has 0 aromatic heterocycles. The Labute approximate surface area is 88.2 Å². The molecular formula is C12H20OSi. The number of epoxide rings is 1. The Kier molecular flexibility index (Phi) is 2.49. The van der Waals surface area contributed by atoms with Crippen molar-refractivity contribution < 1.29 is 4.74 Å². The van der Waals surface area contributed by atoms with Gasteiger partial charge in [0.15, 0.2) is 5.60 Å². The molecule has 1 saturated heterocycles. The van der Waals surface area contributed by atoms with Crippen LogP contribution in [0.4, 0.5) is 0 Å². The molecule has 0 N–H and O–H groups in total. The lowest BCUT2D eigenvalue weighted by molar-refractivity contribution is 0.303. The summed E-state index contributed by atoms with van der Waals surface area (Å²) >= 11 is 0. The Morgan fingerprint density at radius 2 is 2.00 bits per heavy atom. The molecule has 0 unspecified atom stereocenters. The van der Waals surface area contributed by atoms with Crippen LogP contribution in [0.25, 0.3) is 0 Å². The molecule has 1 saturated carbocycles. The Bertz CT molecular complexity index is 281. The van der Waals surface area contributed by atoms with Crippen LogP contribution in [0, 0.1) is 11.5 Å². The molecule has 0 radical (unpaired) electrons. The van der Waals surface area contributed by atoms with Gasteiger partial charge in [-0.25, -0.2) is 0 Å². The van der Waals surface area contributed by atoms with Crippen molar-refractivity contribution in [3.8, 4) is 11.5 Å². The minimum atomic E-state index is -1.22. The third-order valence-electron chi connectivity index (χ3n) is 2.98. The van der Waals surface area contributed by atoms with Gasteiger partial charge in [0.1, 0.15) is 8.07 Å². The molecule has 78 valence electrons. The van der Waals surface area contributed by atoms with Gasteiger partial charge in [-0.2, -0.15) is 0 Å². The molecule has 2 atom stereocenters. The van der Waals surface area contributed by atoms with Crippen LogP contribution in [0.5, 0.6) is 0 Å². The molecular weight excluding hydrogens is 188 g/mol. The molecule has 0 aromatic rings. The fourth-order valence-corrected chi connectivity index (χ4v) is 2.68. The smallest absolute Gasteiger partial charge is 0.154 e. The maximum absolute atomic E-state index is 5.79. The fraction of sp³-hybridized carbons (Fsp3) is 0.833. The second-order valence-corrected chi connectivity index (χ2v) is 10.3. The highest BCUT2D eigenvalue weighted by Crippen LogP contribution is 2.45. The molecule has 0 bridgehead atoms. The average molecular weight is 208 g/mol. The molecule has 14 heavy (non-hydrogen) atoms. The van der Waals surface area contributed by atoms with Crippen molar-refractivity contribution in [1.29, 1.82) is 0 Å². The summed E-state index contributed by atoms with van der Waals surface area (Å²) in [5.41, 5.74) is 3.48. The number of ether oxygens (including phenoxy) is 1. The van der Waals surface area contributed by atoms with E-state index in [1.807, 2.05) is 0 Å². The SMILES string of the molecule is C[Si](C)(C)C#C[C@]12CCCCC[C@H]1O2. The van der Waals surface area contributed by atoms with E-state index in [4.69, 9.17) is 4.74 Å². The fourth-order valence-electron chi connectivity index (χ4n) is 2.09. The van der Waals surface area contributed by atoms with E-state index in [2.05, 4.69) is 31.1 Å². The van der Waals surface area contributed by atoms with Crippen LogP contribution >= 0.6 is 0 Å². The second-order valence-electron chi connectivity index (χ2n) is 5.60. The van der Waals surface area contributed by atoms with Crippen molar-refractivity contribution in [2.75, 3.05) is 0 Å². The highest BCUT2D eigenvalue weighted by molar-refractivity contribution is 6.83. The van der Waals surface area contributed by atoms with E-state index in [9.17, 15) is 0 Å². The van der Waals surface area contributed by atoms with Crippen LogP contribution in [-0.2, 0) is 4.74 Å². The highest BCUT2D eigenvalue weighted by atomic mass is 28.3. The first-order valence-electron chi connectivity index (χ1n) is 5.74. The summed E-state index contributed by atoms with van der Waals surface area (Å²) in [4.78, 5) is 0. The number of fused-ring (bicyclic) bond motifs is 1. The zero-order valence-corrected chi connectivity index (χ0v) is 10.5. The van der Waals surface area contributed by atoms with Gasteiger partial charge in [0.05, 0.1) is 6.10 Å². The van der Waals surface area contributed by atoms with Gasteiger partial charge in [0, 0.05) is 0 Å². The van der Waals surface area contributed by atoms with E-state index >= 15 is 0 Å². The van der Waals surface area contributed by atoms with Crippen molar-refractivity contribution in [1.82, 2.24) is 0 Å². The standard InChI is InChI=1S/C12H20OSi/c1-14(2,3)10-9-12-8-6-4-5-7-11(12)13-12/h11H,4-8H2,1-3H3/t11-,12-/m1/s1. The van der Waals surface area contributed by atoms with Crippen molar-refractivity contribution >= 4 is 8.07 Å². The van der Waals surface area contributed by atoms with Crippen molar-refractivity contribution in [3.05, 3.63) is 0 Å². The summed E-state index contributed by atoms with van der Waals surface area (Å²) in [5.74, 6) is 3.44. The molecule has 2 fully saturated rings. The van der Waals surface area contributed by atoms with Gasteiger partial charge in [-0.05, 0) is 19.3 Å². The van der Waals surface area contributed by atoms with E-state index in [1.165, 1.54) is 32.1 Å². The van der Waals surface area contributed by atoms with E-state index < -0.39 is 8.07 Å². The van der Waals surface area contributed by atoms with Crippen molar-refractivity contribution in [2.24, 2.45) is 0 Å². The summed E-state index contributed by atoms with van der Waals surface area (Å²) in [7, 11) is -1.22. The van der Waals surface area contributed by atoms with Gasteiger partial charge in [0.25, 0.3) is 0 Å². The van der Waals surface area contributed by atoms with Gasteiger partial charge in [-0.3, -0.25) is 0 Å². The third kappa shape index (κ3) is 2.21. The summed E-state index contributed by atoms with van der Waals surface area (Å²) in [6.45, 7) is 6.89. The molecule has 2 heteroatoms. The van der Waals surface area contributed by atoms with Gasteiger partial charge in [-0.1, -0.05) is 38.4 Å². The first kappa shape index (κ1) is 10.3.